The fourth-order valence-corrected chi connectivity index (χ4v) is 2.28. The molecule has 0 unspecified atom stereocenters. The highest BCUT2D eigenvalue weighted by atomic mass is 35.5. The Morgan fingerprint density at radius 1 is 1.18 bits per heavy atom. The molecule has 1 aliphatic rings. The molecule has 6 nitrogen and oxygen atoms in total. The molecule has 1 aromatic heterocycles. The van der Waals surface area contributed by atoms with E-state index in [2.05, 4.69) is 15.3 Å². The number of aromatic nitrogens is 2. The predicted molar refractivity (Wildman–Crippen MR) is 83.5 cm³/mol. The Labute approximate surface area is 133 Å². The van der Waals surface area contributed by atoms with Crippen LogP contribution in [0.4, 0.5) is 11.5 Å². The van der Waals surface area contributed by atoms with E-state index in [0.29, 0.717) is 42.8 Å². The van der Waals surface area contributed by atoms with Crippen molar-refractivity contribution in [1.82, 2.24) is 14.9 Å². The second-order valence-electron chi connectivity index (χ2n) is 4.82. The zero-order chi connectivity index (χ0) is 15.4. The van der Waals surface area contributed by atoms with Crippen LogP contribution >= 0.6 is 11.6 Å². The van der Waals surface area contributed by atoms with E-state index in [1.807, 2.05) is 12.1 Å². The van der Waals surface area contributed by atoms with Crippen LogP contribution in [0.3, 0.4) is 0 Å². The third kappa shape index (κ3) is 3.52. The Balaban J connectivity index is 1.74. The van der Waals surface area contributed by atoms with Crippen LogP contribution in [0.15, 0.2) is 36.7 Å². The van der Waals surface area contributed by atoms with Crippen LogP contribution < -0.4 is 5.32 Å². The average Bonchev–Trinajstić information content (AvgIpc) is 2.57. The molecule has 1 fully saturated rings. The molecule has 0 aliphatic carbocycles. The predicted octanol–water partition coefficient (Wildman–Crippen LogP) is 2.35. The normalized spacial score (nSPS) is 14.7. The number of carbonyl (C=O) groups excluding carboxylic acids is 1. The van der Waals surface area contributed by atoms with Gasteiger partial charge in [-0.25, -0.2) is 9.97 Å². The van der Waals surface area contributed by atoms with Crippen molar-refractivity contribution >= 4 is 29.0 Å². The van der Waals surface area contributed by atoms with E-state index in [4.69, 9.17) is 16.3 Å². The second kappa shape index (κ2) is 6.72. The van der Waals surface area contributed by atoms with Crippen LogP contribution in [0.25, 0.3) is 0 Å². The maximum Gasteiger partial charge on any atom is 0.272 e. The molecule has 1 amide bonds. The number of morpholine rings is 1. The fourth-order valence-electron chi connectivity index (χ4n) is 2.15. The van der Waals surface area contributed by atoms with Gasteiger partial charge in [-0.3, -0.25) is 4.79 Å². The van der Waals surface area contributed by atoms with Gasteiger partial charge >= 0.3 is 0 Å². The molecule has 1 aromatic carbocycles. The minimum Gasteiger partial charge on any atom is -0.378 e. The van der Waals surface area contributed by atoms with Crippen LogP contribution in [0, 0.1) is 0 Å². The molecular formula is C15H15ClN4O2. The number of rotatable bonds is 3. The average molecular weight is 319 g/mol. The summed E-state index contributed by atoms with van der Waals surface area (Å²) in [6, 6.07) is 8.89. The van der Waals surface area contributed by atoms with Gasteiger partial charge in [0, 0.05) is 29.9 Å². The molecule has 7 heteroatoms. The summed E-state index contributed by atoms with van der Waals surface area (Å²) in [6.45, 7) is 2.30. The molecule has 2 heterocycles. The number of benzene rings is 1. The minimum absolute atomic E-state index is 0.107. The van der Waals surface area contributed by atoms with Gasteiger partial charge < -0.3 is 15.0 Å². The largest absolute Gasteiger partial charge is 0.378 e. The number of amides is 1. The van der Waals surface area contributed by atoms with Crippen molar-refractivity contribution in [3.63, 3.8) is 0 Å². The minimum atomic E-state index is -0.107. The molecule has 2 aromatic rings. The molecule has 22 heavy (non-hydrogen) atoms. The third-order valence-corrected chi connectivity index (χ3v) is 3.55. The molecule has 0 bridgehead atoms. The maximum absolute atomic E-state index is 12.4. The summed E-state index contributed by atoms with van der Waals surface area (Å²) in [7, 11) is 0. The van der Waals surface area contributed by atoms with Crippen LogP contribution in [0.5, 0.6) is 0 Å². The SMILES string of the molecule is O=C(c1cc(Nc2ccc(Cl)cc2)ncn1)N1CCOCC1. The molecule has 0 atom stereocenters. The number of nitrogens with zero attached hydrogens (tertiary/aromatic N) is 3. The molecule has 1 N–H and O–H groups in total. The van der Waals surface area contributed by atoms with Crippen molar-refractivity contribution in [2.24, 2.45) is 0 Å². The number of nitrogens with one attached hydrogen (secondary N) is 1. The van der Waals surface area contributed by atoms with Gasteiger partial charge in [0.1, 0.15) is 17.8 Å². The Bertz CT molecular complexity index is 657. The molecule has 114 valence electrons. The van der Waals surface area contributed by atoms with Crippen LogP contribution in [0.1, 0.15) is 10.5 Å². The number of hydrogen-bond donors (Lipinski definition) is 1. The van der Waals surface area contributed by atoms with Crippen LogP contribution in [-0.2, 0) is 4.74 Å². The Hall–Kier alpha value is -2.18. The lowest BCUT2D eigenvalue weighted by Crippen LogP contribution is -2.41. The number of halogens is 1. The summed E-state index contributed by atoms with van der Waals surface area (Å²) < 4.78 is 5.25. The van der Waals surface area contributed by atoms with Crippen LogP contribution in [0.2, 0.25) is 5.02 Å². The van der Waals surface area contributed by atoms with Gasteiger partial charge in [-0.05, 0) is 24.3 Å². The van der Waals surface area contributed by atoms with Gasteiger partial charge in [0.15, 0.2) is 0 Å². The van der Waals surface area contributed by atoms with Gasteiger partial charge in [-0.2, -0.15) is 0 Å². The second-order valence-corrected chi connectivity index (χ2v) is 5.26. The lowest BCUT2D eigenvalue weighted by atomic mass is 10.3. The Morgan fingerprint density at radius 3 is 2.64 bits per heavy atom. The van der Waals surface area contributed by atoms with Crippen molar-refractivity contribution in [3.8, 4) is 0 Å². The van der Waals surface area contributed by atoms with Crippen LogP contribution in [-0.4, -0.2) is 47.1 Å². The smallest absolute Gasteiger partial charge is 0.272 e. The van der Waals surface area contributed by atoms with Crippen molar-refractivity contribution in [2.45, 2.75) is 0 Å². The van der Waals surface area contributed by atoms with Gasteiger partial charge in [0.05, 0.1) is 13.2 Å². The van der Waals surface area contributed by atoms with Gasteiger partial charge in [-0.1, -0.05) is 11.6 Å². The zero-order valence-corrected chi connectivity index (χ0v) is 12.6. The molecule has 1 aliphatic heterocycles. The van der Waals surface area contributed by atoms with Crippen molar-refractivity contribution in [1.29, 1.82) is 0 Å². The molecule has 3 rings (SSSR count). The first kappa shape index (κ1) is 14.7. The fraction of sp³-hybridized carbons (Fsp3) is 0.267. The van der Waals surface area contributed by atoms with E-state index in [1.165, 1.54) is 6.33 Å². The van der Waals surface area contributed by atoms with E-state index < -0.39 is 0 Å². The van der Waals surface area contributed by atoms with Gasteiger partial charge in [-0.15, -0.1) is 0 Å². The van der Waals surface area contributed by atoms with Gasteiger partial charge in [0.2, 0.25) is 0 Å². The molecular weight excluding hydrogens is 304 g/mol. The molecule has 1 saturated heterocycles. The number of anilines is 2. The van der Waals surface area contributed by atoms with Crippen molar-refractivity contribution < 1.29 is 9.53 Å². The summed E-state index contributed by atoms with van der Waals surface area (Å²) >= 11 is 5.85. The number of ether oxygens (including phenoxy) is 1. The highest BCUT2D eigenvalue weighted by Gasteiger charge is 2.20. The van der Waals surface area contributed by atoms with Gasteiger partial charge in [0.25, 0.3) is 5.91 Å². The third-order valence-electron chi connectivity index (χ3n) is 3.30. The first-order valence-electron chi connectivity index (χ1n) is 6.94. The monoisotopic (exact) mass is 318 g/mol. The first-order chi connectivity index (χ1) is 10.7. The quantitative estimate of drug-likeness (QED) is 0.941. The van der Waals surface area contributed by atoms with Crippen molar-refractivity contribution in [2.75, 3.05) is 31.6 Å². The van der Waals surface area contributed by atoms with Crippen molar-refractivity contribution in [3.05, 3.63) is 47.4 Å². The summed E-state index contributed by atoms with van der Waals surface area (Å²) in [5.41, 5.74) is 1.21. The molecule has 0 saturated carbocycles. The summed E-state index contributed by atoms with van der Waals surface area (Å²) in [4.78, 5) is 22.3. The standard InChI is InChI=1S/C15H15ClN4O2/c16-11-1-3-12(4-2-11)19-14-9-13(17-10-18-14)15(21)20-5-7-22-8-6-20/h1-4,9-10H,5-8H2,(H,17,18,19). The van der Waals surface area contributed by atoms with E-state index in [0.717, 1.165) is 5.69 Å². The van der Waals surface area contributed by atoms with E-state index in [-0.39, 0.29) is 5.91 Å². The number of carbonyl (C=O) groups is 1. The lowest BCUT2D eigenvalue weighted by Gasteiger charge is -2.26. The number of hydrogen-bond acceptors (Lipinski definition) is 5. The summed E-state index contributed by atoms with van der Waals surface area (Å²) in [5, 5.41) is 3.79. The summed E-state index contributed by atoms with van der Waals surface area (Å²) in [6.07, 6.45) is 1.38. The van der Waals surface area contributed by atoms with E-state index in [9.17, 15) is 4.79 Å². The molecule has 0 radical (unpaired) electrons. The highest BCUT2D eigenvalue weighted by molar-refractivity contribution is 6.30. The topological polar surface area (TPSA) is 67.4 Å². The van der Waals surface area contributed by atoms with E-state index in [1.54, 1.807) is 23.1 Å². The highest BCUT2D eigenvalue weighted by Crippen LogP contribution is 2.18. The molecule has 0 spiro atoms. The first-order valence-corrected chi connectivity index (χ1v) is 7.32. The van der Waals surface area contributed by atoms with E-state index >= 15 is 0 Å². The maximum atomic E-state index is 12.4. The lowest BCUT2D eigenvalue weighted by molar-refractivity contribution is 0.0299. The Morgan fingerprint density at radius 2 is 1.91 bits per heavy atom. The Kier molecular flexibility index (Phi) is 4.50. The summed E-state index contributed by atoms with van der Waals surface area (Å²) in [5.74, 6) is 0.457. The zero-order valence-electron chi connectivity index (χ0n) is 11.8.